The predicted octanol–water partition coefficient (Wildman–Crippen LogP) is 0.348. The zero-order valence-electron chi connectivity index (χ0n) is 8.21. The van der Waals surface area contributed by atoms with Gasteiger partial charge in [-0.15, -0.1) is 0 Å². The average molecular weight is 180 g/mol. The molecule has 0 aromatic rings. The van der Waals surface area contributed by atoms with Crippen molar-refractivity contribution >= 4 is 5.91 Å². The van der Waals surface area contributed by atoms with E-state index >= 15 is 0 Å². The highest BCUT2D eigenvalue weighted by molar-refractivity contribution is 5.93. The molecule has 1 heterocycles. The molecule has 2 N–H and O–H groups in total. The highest BCUT2D eigenvalue weighted by Gasteiger charge is 2.27. The number of likely N-dealkylation sites (tertiary alicyclic amines) is 1. The summed E-state index contributed by atoms with van der Waals surface area (Å²) in [4.78, 5) is 13.2. The summed E-state index contributed by atoms with van der Waals surface area (Å²) >= 11 is 0. The van der Waals surface area contributed by atoms with Crippen molar-refractivity contribution in [2.45, 2.75) is 38.8 Å². The van der Waals surface area contributed by atoms with E-state index in [1.807, 2.05) is 6.92 Å². The Morgan fingerprint density at radius 3 is 2.92 bits per heavy atom. The highest BCUT2D eigenvalue weighted by atomic mass is 16.2. The van der Waals surface area contributed by atoms with Crippen LogP contribution >= 0.6 is 0 Å². The van der Waals surface area contributed by atoms with Gasteiger partial charge in [0.25, 0.3) is 5.91 Å². The largest absolute Gasteiger partial charge is 0.328 e. The maximum Gasteiger partial charge on any atom is 0.298 e. The summed E-state index contributed by atoms with van der Waals surface area (Å²) in [6.07, 6.45) is 1.99. The van der Waals surface area contributed by atoms with E-state index in [1.165, 1.54) is 0 Å². The van der Waals surface area contributed by atoms with Crippen molar-refractivity contribution in [1.82, 2.24) is 4.90 Å². The molecule has 2 unspecified atom stereocenters. The fourth-order valence-corrected chi connectivity index (χ4v) is 1.64. The summed E-state index contributed by atoms with van der Waals surface area (Å²) in [5.41, 5.74) is 5.86. The molecule has 0 aliphatic carbocycles. The van der Waals surface area contributed by atoms with Gasteiger partial charge in [-0.1, -0.05) is 5.92 Å². The maximum atomic E-state index is 11.5. The van der Waals surface area contributed by atoms with Crippen molar-refractivity contribution in [3.05, 3.63) is 0 Å². The second kappa shape index (κ2) is 4.29. The van der Waals surface area contributed by atoms with Crippen molar-refractivity contribution in [1.29, 1.82) is 0 Å². The van der Waals surface area contributed by atoms with Gasteiger partial charge in [0.05, 0.1) is 0 Å². The van der Waals surface area contributed by atoms with Crippen LogP contribution in [0.3, 0.4) is 0 Å². The second-order valence-electron chi connectivity index (χ2n) is 3.42. The van der Waals surface area contributed by atoms with Crippen LogP contribution in [0.25, 0.3) is 0 Å². The first-order chi connectivity index (χ1) is 6.16. The van der Waals surface area contributed by atoms with Gasteiger partial charge in [0.15, 0.2) is 0 Å². The zero-order chi connectivity index (χ0) is 9.84. The Hall–Kier alpha value is -1.01. The van der Waals surface area contributed by atoms with Crippen LogP contribution in [0.2, 0.25) is 0 Å². The van der Waals surface area contributed by atoms with Gasteiger partial charge in [0.2, 0.25) is 0 Å². The Labute approximate surface area is 79.3 Å². The van der Waals surface area contributed by atoms with Crippen molar-refractivity contribution in [3.8, 4) is 11.8 Å². The number of nitrogens with zero attached hydrogens (tertiary/aromatic N) is 1. The van der Waals surface area contributed by atoms with Crippen LogP contribution in [0.5, 0.6) is 0 Å². The van der Waals surface area contributed by atoms with Gasteiger partial charge in [-0.3, -0.25) is 4.79 Å². The van der Waals surface area contributed by atoms with Crippen molar-refractivity contribution in [2.75, 3.05) is 6.54 Å². The summed E-state index contributed by atoms with van der Waals surface area (Å²) in [6.45, 7) is 4.45. The number of carbonyl (C=O) groups excluding carboxylic acids is 1. The van der Waals surface area contributed by atoms with E-state index in [4.69, 9.17) is 5.73 Å². The monoisotopic (exact) mass is 180 g/mol. The SMILES string of the molecule is CC#CC(=O)N1CCCC(N)C1C. The van der Waals surface area contributed by atoms with Crippen LogP contribution in [-0.2, 0) is 4.79 Å². The van der Waals surface area contributed by atoms with Gasteiger partial charge >= 0.3 is 0 Å². The second-order valence-corrected chi connectivity index (χ2v) is 3.42. The molecule has 13 heavy (non-hydrogen) atoms. The Balaban J connectivity index is 2.66. The summed E-state index contributed by atoms with van der Waals surface area (Å²) in [6, 6.07) is 0.235. The third-order valence-electron chi connectivity index (χ3n) is 2.54. The number of carbonyl (C=O) groups is 1. The minimum Gasteiger partial charge on any atom is -0.328 e. The number of amides is 1. The van der Waals surface area contributed by atoms with E-state index in [0.717, 1.165) is 19.4 Å². The average Bonchev–Trinajstić information content (AvgIpc) is 2.10. The molecule has 3 heteroatoms. The molecule has 0 aromatic carbocycles. The summed E-state index contributed by atoms with van der Waals surface area (Å²) in [5.74, 6) is 5.07. The van der Waals surface area contributed by atoms with E-state index < -0.39 is 0 Å². The first kappa shape index (κ1) is 10.1. The van der Waals surface area contributed by atoms with E-state index in [2.05, 4.69) is 11.8 Å². The van der Waals surface area contributed by atoms with Gasteiger partial charge in [0, 0.05) is 18.6 Å². The van der Waals surface area contributed by atoms with Gasteiger partial charge in [0.1, 0.15) is 0 Å². The Morgan fingerprint density at radius 2 is 2.31 bits per heavy atom. The lowest BCUT2D eigenvalue weighted by Crippen LogP contribution is -2.52. The van der Waals surface area contributed by atoms with E-state index in [1.54, 1.807) is 11.8 Å². The predicted molar refractivity (Wildman–Crippen MR) is 51.8 cm³/mol. The van der Waals surface area contributed by atoms with Crippen LogP contribution in [0.15, 0.2) is 0 Å². The third kappa shape index (κ3) is 2.22. The molecule has 0 aromatic heterocycles. The summed E-state index contributed by atoms with van der Waals surface area (Å²) < 4.78 is 0. The molecule has 0 saturated carbocycles. The number of rotatable bonds is 0. The van der Waals surface area contributed by atoms with Crippen LogP contribution in [0, 0.1) is 11.8 Å². The third-order valence-corrected chi connectivity index (χ3v) is 2.54. The molecule has 0 bridgehead atoms. The topological polar surface area (TPSA) is 46.3 Å². The molecule has 1 saturated heterocycles. The van der Waals surface area contributed by atoms with Gasteiger partial charge in [-0.05, 0) is 32.6 Å². The van der Waals surface area contributed by atoms with Crippen LogP contribution in [-0.4, -0.2) is 29.4 Å². The molecular formula is C10H16N2O. The lowest BCUT2D eigenvalue weighted by Gasteiger charge is -2.36. The Bertz CT molecular complexity index is 251. The molecule has 1 fully saturated rings. The van der Waals surface area contributed by atoms with Crippen molar-refractivity contribution in [2.24, 2.45) is 5.73 Å². The number of nitrogens with two attached hydrogens (primary N) is 1. The molecule has 0 radical (unpaired) electrons. The molecule has 2 atom stereocenters. The van der Waals surface area contributed by atoms with Crippen LogP contribution in [0.4, 0.5) is 0 Å². The Kier molecular flexibility index (Phi) is 3.32. The van der Waals surface area contributed by atoms with Crippen LogP contribution in [0.1, 0.15) is 26.7 Å². The molecule has 1 aliphatic rings. The van der Waals surface area contributed by atoms with E-state index in [9.17, 15) is 4.79 Å². The van der Waals surface area contributed by atoms with Gasteiger partial charge in [-0.2, -0.15) is 0 Å². The minimum atomic E-state index is -0.0925. The van der Waals surface area contributed by atoms with E-state index in [0.29, 0.717) is 0 Å². The van der Waals surface area contributed by atoms with Crippen LogP contribution < -0.4 is 5.73 Å². The lowest BCUT2D eigenvalue weighted by atomic mass is 9.98. The maximum absolute atomic E-state index is 11.5. The molecule has 0 spiro atoms. The van der Waals surface area contributed by atoms with Crippen molar-refractivity contribution < 1.29 is 4.79 Å². The summed E-state index contributed by atoms with van der Waals surface area (Å²) in [7, 11) is 0. The first-order valence-electron chi connectivity index (χ1n) is 4.65. The molecular weight excluding hydrogens is 164 g/mol. The van der Waals surface area contributed by atoms with E-state index in [-0.39, 0.29) is 18.0 Å². The van der Waals surface area contributed by atoms with Gasteiger partial charge < -0.3 is 10.6 Å². The fourth-order valence-electron chi connectivity index (χ4n) is 1.64. The molecule has 1 rings (SSSR count). The molecule has 3 nitrogen and oxygen atoms in total. The van der Waals surface area contributed by atoms with Crippen molar-refractivity contribution in [3.63, 3.8) is 0 Å². The standard InChI is InChI=1S/C10H16N2O/c1-3-5-10(13)12-7-4-6-9(11)8(12)2/h8-9H,4,6-7,11H2,1-2H3. The smallest absolute Gasteiger partial charge is 0.298 e. The number of piperidine rings is 1. The fraction of sp³-hybridized carbons (Fsp3) is 0.700. The quantitative estimate of drug-likeness (QED) is 0.547. The normalized spacial score (nSPS) is 27.8. The minimum absolute atomic E-state index is 0.0925. The highest BCUT2D eigenvalue weighted by Crippen LogP contribution is 2.15. The zero-order valence-corrected chi connectivity index (χ0v) is 8.21. The summed E-state index contributed by atoms with van der Waals surface area (Å²) in [5, 5.41) is 0. The molecule has 72 valence electrons. The number of hydrogen-bond acceptors (Lipinski definition) is 2. The van der Waals surface area contributed by atoms with Gasteiger partial charge in [-0.25, -0.2) is 0 Å². The number of hydrogen-bond donors (Lipinski definition) is 1. The Morgan fingerprint density at radius 1 is 1.62 bits per heavy atom. The lowest BCUT2D eigenvalue weighted by molar-refractivity contribution is -0.128. The molecule has 1 amide bonds. The molecule has 1 aliphatic heterocycles. The first-order valence-corrected chi connectivity index (χ1v) is 4.65.